The van der Waals surface area contributed by atoms with Crippen LogP contribution in [0.2, 0.25) is 5.02 Å². The average Bonchev–Trinajstić information content (AvgIpc) is 3.10. The average molecular weight is 378 g/mol. The number of hydrogen-bond donors (Lipinski definition) is 1. The van der Waals surface area contributed by atoms with Crippen LogP contribution in [-0.2, 0) is 0 Å². The monoisotopic (exact) mass is 377 g/mol. The molecule has 3 heterocycles. The molecule has 4 aromatic rings. The molecule has 0 aliphatic carbocycles. The van der Waals surface area contributed by atoms with Crippen molar-refractivity contribution >= 4 is 22.5 Å². The molecule has 1 N–H and O–H groups in total. The number of H-pyrrole nitrogens is 1. The molecule has 0 fully saturated rings. The number of aromatic nitrogens is 3. The topological polar surface area (TPSA) is 50.8 Å². The molecule has 3 aromatic heterocycles. The lowest BCUT2D eigenvalue weighted by molar-refractivity contribution is 0.413. The third-order valence-electron chi connectivity index (χ3n) is 4.66. The molecule has 0 saturated heterocycles. The summed E-state index contributed by atoms with van der Waals surface area (Å²) in [6, 6.07) is 12.2. The van der Waals surface area contributed by atoms with Gasteiger partial charge in [-0.05, 0) is 42.3 Å². The summed E-state index contributed by atoms with van der Waals surface area (Å²) < 4.78 is 5.27. The first-order valence-electron chi connectivity index (χ1n) is 8.83. The largest absolute Gasteiger partial charge is 0.495 e. The van der Waals surface area contributed by atoms with E-state index < -0.39 is 0 Å². The van der Waals surface area contributed by atoms with Crippen LogP contribution in [0.25, 0.3) is 33.3 Å². The zero-order valence-electron chi connectivity index (χ0n) is 15.5. The van der Waals surface area contributed by atoms with E-state index in [0.29, 0.717) is 16.7 Å². The summed E-state index contributed by atoms with van der Waals surface area (Å²) in [5, 5.41) is 1.75. The number of nitrogens with zero attached hydrogens (tertiary/aromatic N) is 2. The number of halogens is 1. The Balaban J connectivity index is 1.76. The molecule has 0 unspecified atom stereocenters. The third-order valence-corrected chi connectivity index (χ3v) is 4.97. The highest BCUT2D eigenvalue weighted by molar-refractivity contribution is 6.34. The van der Waals surface area contributed by atoms with Gasteiger partial charge in [0.05, 0.1) is 18.3 Å². The third kappa shape index (κ3) is 3.40. The number of nitrogens with one attached hydrogen (secondary N) is 1. The van der Waals surface area contributed by atoms with Crippen LogP contribution < -0.4 is 4.74 Å². The van der Waals surface area contributed by atoms with Crippen molar-refractivity contribution in [2.24, 2.45) is 0 Å². The van der Waals surface area contributed by atoms with Gasteiger partial charge in [-0.25, -0.2) is 0 Å². The normalized spacial score (nSPS) is 11.3. The van der Waals surface area contributed by atoms with E-state index in [1.807, 2.05) is 18.3 Å². The molecule has 0 atom stereocenters. The Hall–Kier alpha value is -2.85. The van der Waals surface area contributed by atoms with Crippen molar-refractivity contribution in [2.45, 2.75) is 19.8 Å². The van der Waals surface area contributed by atoms with Crippen molar-refractivity contribution in [1.82, 2.24) is 15.0 Å². The van der Waals surface area contributed by atoms with Crippen molar-refractivity contribution in [2.75, 3.05) is 7.11 Å². The minimum atomic E-state index is 0.416. The fourth-order valence-electron chi connectivity index (χ4n) is 3.11. The second kappa shape index (κ2) is 7.05. The minimum Gasteiger partial charge on any atom is -0.495 e. The van der Waals surface area contributed by atoms with Crippen molar-refractivity contribution in [3.63, 3.8) is 0 Å². The number of fused-ring (bicyclic) bond motifs is 1. The number of aromatic amines is 1. The maximum absolute atomic E-state index is 6.54. The molecule has 0 radical (unpaired) electrons. The molecule has 0 spiro atoms. The van der Waals surface area contributed by atoms with Crippen LogP contribution in [0, 0.1) is 0 Å². The molecule has 27 heavy (non-hydrogen) atoms. The van der Waals surface area contributed by atoms with E-state index in [2.05, 4.69) is 53.1 Å². The van der Waals surface area contributed by atoms with Crippen molar-refractivity contribution in [3.8, 4) is 28.1 Å². The first-order valence-corrected chi connectivity index (χ1v) is 9.21. The fraction of sp³-hybridized carbons (Fsp3) is 0.182. The van der Waals surface area contributed by atoms with Gasteiger partial charge in [0.1, 0.15) is 5.75 Å². The van der Waals surface area contributed by atoms with Crippen molar-refractivity contribution in [1.29, 1.82) is 0 Å². The molecule has 0 aliphatic rings. The van der Waals surface area contributed by atoms with Gasteiger partial charge in [-0.1, -0.05) is 25.4 Å². The zero-order chi connectivity index (χ0) is 19.0. The Morgan fingerprint density at radius 1 is 1.00 bits per heavy atom. The van der Waals surface area contributed by atoms with Gasteiger partial charge in [0.15, 0.2) is 0 Å². The maximum Gasteiger partial charge on any atom is 0.137 e. The Labute approximate surface area is 163 Å². The summed E-state index contributed by atoms with van der Waals surface area (Å²) in [6.45, 7) is 4.28. The van der Waals surface area contributed by atoms with Crippen molar-refractivity contribution in [3.05, 3.63) is 65.7 Å². The van der Waals surface area contributed by atoms with Gasteiger partial charge >= 0.3 is 0 Å². The van der Waals surface area contributed by atoms with Crippen LogP contribution in [-0.4, -0.2) is 22.1 Å². The van der Waals surface area contributed by atoms with E-state index >= 15 is 0 Å². The Bertz CT molecular complexity index is 1100. The molecule has 136 valence electrons. The summed E-state index contributed by atoms with van der Waals surface area (Å²) in [7, 11) is 1.63. The number of methoxy groups -OCH3 is 1. The van der Waals surface area contributed by atoms with Crippen LogP contribution in [0.15, 0.2) is 55.0 Å². The van der Waals surface area contributed by atoms with Crippen LogP contribution in [0.4, 0.5) is 0 Å². The predicted molar refractivity (Wildman–Crippen MR) is 110 cm³/mol. The Morgan fingerprint density at radius 3 is 2.56 bits per heavy atom. The summed E-state index contributed by atoms with van der Waals surface area (Å²) in [5.74, 6) is 1.12. The van der Waals surface area contributed by atoms with E-state index in [1.54, 1.807) is 19.5 Å². The number of ether oxygens (including phenoxy) is 1. The quantitative estimate of drug-likeness (QED) is 0.469. The molecule has 5 heteroatoms. The van der Waals surface area contributed by atoms with E-state index in [1.165, 1.54) is 0 Å². The lowest BCUT2D eigenvalue weighted by Crippen LogP contribution is -1.91. The van der Waals surface area contributed by atoms with E-state index in [0.717, 1.165) is 39.0 Å². The highest BCUT2D eigenvalue weighted by atomic mass is 35.5. The maximum atomic E-state index is 6.54. The summed E-state index contributed by atoms with van der Waals surface area (Å²) >= 11 is 6.54. The highest BCUT2D eigenvalue weighted by Crippen LogP contribution is 2.35. The first-order chi connectivity index (χ1) is 13.0. The van der Waals surface area contributed by atoms with Gasteiger partial charge in [-0.15, -0.1) is 0 Å². The standard InChI is InChI=1S/C22H20ClN3O/c1-13(2)20-5-4-14(11-25-20)21-8-15-7-18(19(23)9-22(15)26-21)16-6-17(27-3)12-24-10-16/h4-13,26H,1-3H3. The SMILES string of the molecule is COc1cncc(-c2cc3cc(-c4ccc(C(C)C)nc4)[nH]c3cc2Cl)c1. The molecule has 0 saturated carbocycles. The number of benzene rings is 1. The Kier molecular flexibility index (Phi) is 4.58. The van der Waals surface area contributed by atoms with Gasteiger partial charge in [0.2, 0.25) is 0 Å². The molecule has 4 rings (SSSR count). The second-order valence-corrected chi connectivity index (χ2v) is 7.25. The highest BCUT2D eigenvalue weighted by Gasteiger charge is 2.11. The van der Waals surface area contributed by atoms with E-state index in [-0.39, 0.29) is 0 Å². The molecular formula is C22H20ClN3O. The molecule has 0 bridgehead atoms. The number of pyridine rings is 2. The van der Waals surface area contributed by atoms with E-state index in [4.69, 9.17) is 16.3 Å². The van der Waals surface area contributed by atoms with Crippen LogP contribution in [0.3, 0.4) is 0 Å². The summed E-state index contributed by atoms with van der Waals surface area (Å²) in [5.41, 5.74) is 6.00. The lowest BCUT2D eigenvalue weighted by atomic mass is 10.1. The number of hydrogen-bond acceptors (Lipinski definition) is 3. The van der Waals surface area contributed by atoms with Crippen LogP contribution in [0.1, 0.15) is 25.5 Å². The smallest absolute Gasteiger partial charge is 0.137 e. The van der Waals surface area contributed by atoms with Gasteiger partial charge in [-0.2, -0.15) is 0 Å². The summed E-state index contributed by atoms with van der Waals surface area (Å²) in [4.78, 5) is 12.2. The van der Waals surface area contributed by atoms with E-state index in [9.17, 15) is 0 Å². The fourth-order valence-corrected chi connectivity index (χ4v) is 3.39. The molecule has 0 aliphatic heterocycles. The number of rotatable bonds is 4. The zero-order valence-corrected chi connectivity index (χ0v) is 16.2. The second-order valence-electron chi connectivity index (χ2n) is 6.84. The Morgan fingerprint density at radius 2 is 1.85 bits per heavy atom. The van der Waals surface area contributed by atoms with Gasteiger partial charge in [0.25, 0.3) is 0 Å². The molecule has 1 aromatic carbocycles. The van der Waals surface area contributed by atoms with Gasteiger partial charge < -0.3 is 9.72 Å². The van der Waals surface area contributed by atoms with Crippen molar-refractivity contribution < 1.29 is 4.74 Å². The predicted octanol–water partition coefficient (Wildman–Crippen LogP) is 6.08. The molecular weight excluding hydrogens is 358 g/mol. The summed E-state index contributed by atoms with van der Waals surface area (Å²) in [6.07, 6.45) is 5.38. The molecule has 0 amide bonds. The van der Waals surface area contributed by atoms with Crippen LogP contribution >= 0.6 is 11.6 Å². The first kappa shape index (κ1) is 17.6. The minimum absolute atomic E-state index is 0.416. The lowest BCUT2D eigenvalue weighted by Gasteiger charge is -2.06. The van der Waals surface area contributed by atoms with Gasteiger partial charge in [0, 0.05) is 51.4 Å². The molecule has 4 nitrogen and oxygen atoms in total. The van der Waals surface area contributed by atoms with Gasteiger partial charge in [-0.3, -0.25) is 9.97 Å². The van der Waals surface area contributed by atoms with Crippen LogP contribution in [0.5, 0.6) is 5.75 Å².